The van der Waals surface area contributed by atoms with E-state index in [0.717, 1.165) is 0 Å². The van der Waals surface area contributed by atoms with Crippen LogP contribution in [-0.2, 0) is 4.74 Å². The van der Waals surface area contributed by atoms with Gasteiger partial charge in [-0.15, -0.1) is 0 Å². The highest BCUT2D eigenvalue weighted by Crippen LogP contribution is 2.20. The standard InChI is InChI=1S/C9H10ClNO2/c1-11-8-4-3-6(10)5-7(8)9(12)13-2/h3-5,11H,1-2H3. The number of nitrogens with one attached hydrogen (secondary N) is 1. The second kappa shape index (κ2) is 4.14. The molecule has 0 amide bonds. The number of ether oxygens (including phenoxy) is 1. The maximum Gasteiger partial charge on any atom is 0.340 e. The Morgan fingerprint density at radius 1 is 1.54 bits per heavy atom. The number of carbonyl (C=O) groups is 1. The van der Waals surface area contributed by atoms with Crippen molar-refractivity contribution < 1.29 is 9.53 Å². The summed E-state index contributed by atoms with van der Waals surface area (Å²) in [6.07, 6.45) is 0. The van der Waals surface area contributed by atoms with E-state index in [1.807, 2.05) is 0 Å². The fourth-order valence-corrected chi connectivity index (χ4v) is 1.19. The monoisotopic (exact) mass is 199 g/mol. The van der Waals surface area contributed by atoms with Crippen molar-refractivity contribution in [2.75, 3.05) is 19.5 Å². The van der Waals surface area contributed by atoms with Crippen LogP contribution in [0.4, 0.5) is 5.69 Å². The van der Waals surface area contributed by atoms with Crippen LogP contribution in [0.1, 0.15) is 10.4 Å². The van der Waals surface area contributed by atoms with Gasteiger partial charge in [0.1, 0.15) is 0 Å². The van der Waals surface area contributed by atoms with Crippen LogP contribution in [0.25, 0.3) is 0 Å². The van der Waals surface area contributed by atoms with Crippen LogP contribution in [-0.4, -0.2) is 20.1 Å². The van der Waals surface area contributed by atoms with Crippen molar-refractivity contribution in [3.05, 3.63) is 28.8 Å². The van der Waals surface area contributed by atoms with E-state index >= 15 is 0 Å². The van der Waals surface area contributed by atoms with Crippen LogP contribution < -0.4 is 5.32 Å². The van der Waals surface area contributed by atoms with Gasteiger partial charge in [0.2, 0.25) is 0 Å². The van der Waals surface area contributed by atoms with E-state index in [9.17, 15) is 4.79 Å². The first kappa shape index (κ1) is 9.86. The van der Waals surface area contributed by atoms with Crippen LogP contribution in [0.5, 0.6) is 0 Å². The Morgan fingerprint density at radius 2 is 2.23 bits per heavy atom. The fourth-order valence-electron chi connectivity index (χ4n) is 1.01. The van der Waals surface area contributed by atoms with E-state index in [-0.39, 0.29) is 0 Å². The molecule has 70 valence electrons. The summed E-state index contributed by atoms with van der Waals surface area (Å²) in [6.45, 7) is 0. The third-order valence-corrected chi connectivity index (χ3v) is 1.89. The Bertz CT molecular complexity index is 325. The zero-order chi connectivity index (χ0) is 9.84. The smallest absolute Gasteiger partial charge is 0.340 e. The Morgan fingerprint density at radius 3 is 2.77 bits per heavy atom. The minimum atomic E-state index is -0.396. The first-order valence-electron chi connectivity index (χ1n) is 3.74. The first-order chi connectivity index (χ1) is 6.19. The average molecular weight is 200 g/mol. The highest BCUT2D eigenvalue weighted by atomic mass is 35.5. The zero-order valence-electron chi connectivity index (χ0n) is 7.43. The van der Waals surface area contributed by atoms with Crippen molar-refractivity contribution in [2.45, 2.75) is 0 Å². The fraction of sp³-hybridized carbons (Fsp3) is 0.222. The molecule has 0 saturated heterocycles. The molecule has 1 rings (SSSR count). The Labute approximate surface area is 81.7 Å². The van der Waals surface area contributed by atoms with Crippen LogP contribution in [0.2, 0.25) is 5.02 Å². The summed E-state index contributed by atoms with van der Waals surface area (Å²) in [5, 5.41) is 3.39. The number of carbonyl (C=O) groups excluding carboxylic acids is 1. The molecule has 0 radical (unpaired) electrons. The van der Waals surface area contributed by atoms with Gasteiger partial charge in [-0.2, -0.15) is 0 Å². The van der Waals surface area contributed by atoms with E-state index in [1.54, 1.807) is 25.2 Å². The first-order valence-corrected chi connectivity index (χ1v) is 4.12. The lowest BCUT2D eigenvalue weighted by atomic mass is 10.2. The number of hydrogen-bond donors (Lipinski definition) is 1. The van der Waals surface area contributed by atoms with Crippen molar-refractivity contribution in [1.82, 2.24) is 0 Å². The predicted molar refractivity (Wildman–Crippen MR) is 52.3 cm³/mol. The van der Waals surface area contributed by atoms with Gasteiger partial charge in [0.05, 0.1) is 12.7 Å². The van der Waals surface area contributed by atoms with Gasteiger partial charge in [0, 0.05) is 17.8 Å². The normalized spacial score (nSPS) is 9.46. The summed E-state index contributed by atoms with van der Waals surface area (Å²) >= 11 is 5.74. The second-order valence-electron chi connectivity index (χ2n) is 2.43. The zero-order valence-corrected chi connectivity index (χ0v) is 8.18. The van der Waals surface area contributed by atoms with Crippen LogP contribution >= 0.6 is 11.6 Å². The minimum absolute atomic E-state index is 0.396. The minimum Gasteiger partial charge on any atom is -0.465 e. The molecular formula is C9H10ClNO2. The number of rotatable bonds is 2. The molecule has 0 fully saturated rings. The molecule has 4 heteroatoms. The molecule has 0 aliphatic heterocycles. The number of halogens is 1. The SMILES string of the molecule is CNc1ccc(Cl)cc1C(=O)OC. The highest BCUT2D eigenvalue weighted by Gasteiger charge is 2.10. The molecule has 0 unspecified atom stereocenters. The van der Waals surface area contributed by atoms with E-state index in [2.05, 4.69) is 10.1 Å². The molecule has 0 atom stereocenters. The van der Waals surface area contributed by atoms with Gasteiger partial charge < -0.3 is 10.1 Å². The predicted octanol–water partition coefficient (Wildman–Crippen LogP) is 2.17. The van der Waals surface area contributed by atoms with Crippen molar-refractivity contribution in [3.63, 3.8) is 0 Å². The van der Waals surface area contributed by atoms with Gasteiger partial charge in [0.15, 0.2) is 0 Å². The lowest BCUT2D eigenvalue weighted by Gasteiger charge is -2.06. The summed E-state index contributed by atoms with van der Waals surface area (Å²) < 4.78 is 4.60. The molecular weight excluding hydrogens is 190 g/mol. The molecule has 3 nitrogen and oxygen atoms in total. The second-order valence-corrected chi connectivity index (χ2v) is 2.87. The van der Waals surface area contributed by atoms with Crippen molar-refractivity contribution >= 4 is 23.3 Å². The molecule has 1 N–H and O–H groups in total. The van der Waals surface area contributed by atoms with E-state index < -0.39 is 5.97 Å². The van der Waals surface area contributed by atoms with Crippen LogP contribution in [0, 0.1) is 0 Å². The van der Waals surface area contributed by atoms with Gasteiger partial charge in [0.25, 0.3) is 0 Å². The molecule has 1 aromatic rings. The molecule has 0 aliphatic rings. The molecule has 13 heavy (non-hydrogen) atoms. The molecule has 1 aromatic carbocycles. The van der Waals surface area contributed by atoms with E-state index in [0.29, 0.717) is 16.3 Å². The van der Waals surface area contributed by atoms with Crippen molar-refractivity contribution in [1.29, 1.82) is 0 Å². The van der Waals surface area contributed by atoms with E-state index in [4.69, 9.17) is 11.6 Å². The van der Waals surface area contributed by atoms with Crippen LogP contribution in [0.15, 0.2) is 18.2 Å². The number of methoxy groups -OCH3 is 1. The lowest BCUT2D eigenvalue weighted by Crippen LogP contribution is -2.05. The quantitative estimate of drug-likeness (QED) is 0.742. The summed E-state index contributed by atoms with van der Waals surface area (Å²) in [4.78, 5) is 11.2. The van der Waals surface area contributed by atoms with Gasteiger partial charge in [-0.25, -0.2) is 4.79 Å². The Hall–Kier alpha value is -1.22. The summed E-state index contributed by atoms with van der Waals surface area (Å²) in [5.41, 5.74) is 1.15. The molecule has 0 aliphatic carbocycles. The highest BCUT2D eigenvalue weighted by molar-refractivity contribution is 6.31. The van der Waals surface area contributed by atoms with Gasteiger partial charge >= 0.3 is 5.97 Å². The van der Waals surface area contributed by atoms with Crippen LogP contribution in [0.3, 0.4) is 0 Å². The Kier molecular flexibility index (Phi) is 3.14. The van der Waals surface area contributed by atoms with Gasteiger partial charge in [-0.05, 0) is 18.2 Å². The van der Waals surface area contributed by atoms with Crippen molar-refractivity contribution in [2.24, 2.45) is 0 Å². The van der Waals surface area contributed by atoms with E-state index in [1.165, 1.54) is 7.11 Å². The lowest BCUT2D eigenvalue weighted by molar-refractivity contribution is 0.0602. The maximum absolute atomic E-state index is 11.2. The maximum atomic E-state index is 11.2. The Balaban J connectivity index is 3.15. The third kappa shape index (κ3) is 2.12. The van der Waals surface area contributed by atoms with Crippen molar-refractivity contribution in [3.8, 4) is 0 Å². The molecule has 0 spiro atoms. The number of esters is 1. The topological polar surface area (TPSA) is 38.3 Å². The average Bonchev–Trinajstić information content (AvgIpc) is 2.16. The third-order valence-electron chi connectivity index (χ3n) is 1.66. The molecule has 0 heterocycles. The number of anilines is 1. The number of hydrogen-bond acceptors (Lipinski definition) is 3. The molecule has 0 saturated carbocycles. The van der Waals surface area contributed by atoms with Gasteiger partial charge in [-0.1, -0.05) is 11.6 Å². The number of benzene rings is 1. The molecule has 0 aromatic heterocycles. The summed E-state index contributed by atoms with van der Waals surface area (Å²) in [5.74, 6) is -0.396. The molecule has 0 bridgehead atoms. The summed E-state index contributed by atoms with van der Waals surface area (Å²) in [6, 6.07) is 5.01. The largest absolute Gasteiger partial charge is 0.465 e. The summed E-state index contributed by atoms with van der Waals surface area (Å²) in [7, 11) is 3.07. The van der Waals surface area contributed by atoms with Gasteiger partial charge in [-0.3, -0.25) is 0 Å².